The lowest BCUT2D eigenvalue weighted by molar-refractivity contribution is -0.390. The number of ether oxygens (including phenoxy) is 1. The normalized spacial score (nSPS) is 14.5. The number of aromatic nitrogens is 2. The van der Waals surface area contributed by atoms with Crippen molar-refractivity contribution in [1.82, 2.24) is 14.5 Å². The van der Waals surface area contributed by atoms with E-state index in [2.05, 4.69) is 11.6 Å². The standard InChI is InChI=1S/C18H18N4O4/c1-2-21-16(19-13-17(21)22(24)25)8-5-14-3-6-15(7-4-14)18(23)20-9-11-26-12-10-20/h2-8,13H,1,9-12H2/b8-5+. The van der Waals surface area contributed by atoms with E-state index in [1.165, 1.54) is 17.0 Å². The van der Waals surface area contributed by atoms with Crippen molar-refractivity contribution in [3.05, 3.63) is 64.1 Å². The van der Waals surface area contributed by atoms with Gasteiger partial charge in [-0.3, -0.25) is 4.79 Å². The largest absolute Gasteiger partial charge is 0.378 e. The molecule has 0 radical (unpaired) electrons. The third-order valence-corrected chi connectivity index (χ3v) is 4.06. The van der Waals surface area contributed by atoms with Crippen molar-refractivity contribution >= 4 is 30.1 Å². The molecule has 1 saturated heterocycles. The summed E-state index contributed by atoms with van der Waals surface area (Å²) in [6.45, 7) is 5.90. The molecule has 1 amide bonds. The molecule has 134 valence electrons. The highest BCUT2D eigenvalue weighted by atomic mass is 16.6. The second kappa shape index (κ2) is 7.75. The van der Waals surface area contributed by atoms with Crippen LogP contribution < -0.4 is 0 Å². The number of nitrogens with zero attached hydrogens (tertiary/aromatic N) is 4. The Kier molecular flexibility index (Phi) is 5.23. The highest BCUT2D eigenvalue weighted by Gasteiger charge is 2.18. The Bertz CT molecular complexity index is 849. The molecular weight excluding hydrogens is 336 g/mol. The third-order valence-electron chi connectivity index (χ3n) is 4.06. The van der Waals surface area contributed by atoms with Gasteiger partial charge >= 0.3 is 5.82 Å². The molecule has 2 heterocycles. The van der Waals surface area contributed by atoms with Gasteiger partial charge < -0.3 is 19.8 Å². The summed E-state index contributed by atoms with van der Waals surface area (Å²) >= 11 is 0. The number of morpholine rings is 1. The van der Waals surface area contributed by atoms with Crippen LogP contribution in [0.4, 0.5) is 5.82 Å². The Morgan fingerprint density at radius 1 is 1.23 bits per heavy atom. The molecule has 3 rings (SSSR count). The van der Waals surface area contributed by atoms with Gasteiger partial charge in [-0.1, -0.05) is 18.7 Å². The molecule has 1 aliphatic heterocycles. The van der Waals surface area contributed by atoms with Crippen LogP contribution in [0, 0.1) is 10.1 Å². The summed E-state index contributed by atoms with van der Waals surface area (Å²) in [7, 11) is 0. The van der Waals surface area contributed by atoms with Crippen LogP contribution in [0.1, 0.15) is 21.7 Å². The molecule has 0 N–H and O–H groups in total. The van der Waals surface area contributed by atoms with Crippen LogP contribution in [-0.4, -0.2) is 51.6 Å². The lowest BCUT2D eigenvalue weighted by atomic mass is 10.1. The smallest absolute Gasteiger partial charge is 0.347 e. The second-order valence-electron chi connectivity index (χ2n) is 5.64. The van der Waals surface area contributed by atoms with Gasteiger partial charge in [0.2, 0.25) is 5.82 Å². The molecular formula is C18H18N4O4. The first-order valence-corrected chi connectivity index (χ1v) is 8.09. The number of benzene rings is 1. The number of imidazole rings is 1. The van der Waals surface area contributed by atoms with Crippen LogP contribution in [-0.2, 0) is 4.74 Å². The molecule has 1 aromatic heterocycles. The quantitative estimate of drug-likeness (QED) is 0.608. The van der Waals surface area contributed by atoms with E-state index >= 15 is 0 Å². The van der Waals surface area contributed by atoms with Gasteiger partial charge in [0, 0.05) is 24.7 Å². The summed E-state index contributed by atoms with van der Waals surface area (Å²) in [4.78, 5) is 28.6. The van der Waals surface area contributed by atoms with Crippen molar-refractivity contribution in [2.24, 2.45) is 0 Å². The zero-order valence-corrected chi connectivity index (χ0v) is 14.1. The number of rotatable bonds is 5. The molecule has 1 aromatic carbocycles. The molecule has 0 bridgehead atoms. The molecule has 0 atom stereocenters. The first-order chi connectivity index (χ1) is 12.6. The minimum Gasteiger partial charge on any atom is -0.378 e. The van der Waals surface area contributed by atoms with Crippen LogP contribution in [0.15, 0.2) is 37.0 Å². The molecule has 8 nitrogen and oxygen atoms in total. The Hall–Kier alpha value is -3.26. The maximum absolute atomic E-state index is 12.4. The Morgan fingerprint density at radius 3 is 2.54 bits per heavy atom. The Balaban J connectivity index is 1.73. The minimum absolute atomic E-state index is 0.0124. The van der Waals surface area contributed by atoms with Crippen molar-refractivity contribution in [2.75, 3.05) is 26.3 Å². The zero-order valence-electron chi connectivity index (χ0n) is 14.1. The lowest BCUT2D eigenvalue weighted by Gasteiger charge is -2.26. The van der Waals surface area contributed by atoms with E-state index in [0.29, 0.717) is 37.7 Å². The predicted molar refractivity (Wildman–Crippen MR) is 97.4 cm³/mol. The highest BCUT2D eigenvalue weighted by molar-refractivity contribution is 5.94. The van der Waals surface area contributed by atoms with Gasteiger partial charge in [-0.05, 0) is 28.7 Å². The van der Waals surface area contributed by atoms with Gasteiger partial charge in [-0.25, -0.2) is 4.98 Å². The van der Waals surface area contributed by atoms with E-state index < -0.39 is 4.92 Å². The number of hydrogen-bond acceptors (Lipinski definition) is 5. The summed E-state index contributed by atoms with van der Waals surface area (Å²) in [5, 5.41) is 10.9. The van der Waals surface area contributed by atoms with E-state index in [-0.39, 0.29) is 11.7 Å². The minimum atomic E-state index is -0.516. The molecule has 0 aliphatic carbocycles. The summed E-state index contributed by atoms with van der Waals surface area (Å²) in [5.41, 5.74) is 1.47. The molecule has 8 heteroatoms. The van der Waals surface area contributed by atoms with Crippen LogP contribution in [0.3, 0.4) is 0 Å². The molecule has 2 aromatic rings. The summed E-state index contributed by atoms with van der Waals surface area (Å²) in [6.07, 6.45) is 5.96. The summed E-state index contributed by atoms with van der Waals surface area (Å²) < 4.78 is 6.55. The Morgan fingerprint density at radius 2 is 1.92 bits per heavy atom. The van der Waals surface area contributed by atoms with Crippen LogP contribution in [0.25, 0.3) is 18.4 Å². The van der Waals surface area contributed by atoms with E-state index in [0.717, 1.165) is 5.56 Å². The van der Waals surface area contributed by atoms with Crippen molar-refractivity contribution in [3.8, 4) is 0 Å². The molecule has 0 spiro atoms. The van der Waals surface area contributed by atoms with Gasteiger partial charge in [0.1, 0.15) is 6.20 Å². The first kappa shape index (κ1) is 17.6. The maximum Gasteiger partial charge on any atom is 0.347 e. The maximum atomic E-state index is 12.4. The van der Waals surface area contributed by atoms with E-state index in [1.54, 1.807) is 29.2 Å². The third kappa shape index (κ3) is 3.70. The molecule has 1 aliphatic rings. The number of carbonyl (C=O) groups is 1. The fourth-order valence-corrected chi connectivity index (χ4v) is 2.67. The number of hydrogen-bond donors (Lipinski definition) is 0. The average molecular weight is 354 g/mol. The van der Waals surface area contributed by atoms with E-state index in [9.17, 15) is 14.9 Å². The van der Waals surface area contributed by atoms with Crippen LogP contribution in [0.5, 0.6) is 0 Å². The second-order valence-corrected chi connectivity index (χ2v) is 5.64. The number of amides is 1. The van der Waals surface area contributed by atoms with E-state index in [1.807, 2.05) is 12.1 Å². The molecule has 0 saturated carbocycles. The molecule has 26 heavy (non-hydrogen) atoms. The van der Waals surface area contributed by atoms with Crippen molar-refractivity contribution in [3.63, 3.8) is 0 Å². The number of carbonyl (C=O) groups excluding carboxylic acids is 1. The van der Waals surface area contributed by atoms with Crippen molar-refractivity contribution in [1.29, 1.82) is 0 Å². The monoisotopic (exact) mass is 354 g/mol. The summed E-state index contributed by atoms with van der Waals surface area (Å²) in [6, 6.07) is 7.17. The highest BCUT2D eigenvalue weighted by Crippen LogP contribution is 2.17. The fourth-order valence-electron chi connectivity index (χ4n) is 2.67. The topological polar surface area (TPSA) is 90.5 Å². The van der Waals surface area contributed by atoms with E-state index in [4.69, 9.17) is 4.74 Å². The summed E-state index contributed by atoms with van der Waals surface area (Å²) in [5.74, 6) is 0.243. The average Bonchev–Trinajstić information content (AvgIpc) is 3.10. The predicted octanol–water partition coefficient (Wildman–Crippen LogP) is 2.53. The van der Waals surface area contributed by atoms with Gasteiger partial charge in [-0.15, -0.1) is 0 Å². The van der Waals surface area contributed by atoms with Gasteiger partial charge in [0.15, 0.2) is 0 Å². The fraction of sp³-hybridized carbons (Fsp3) is 0.222. The van der Waals surface area contributed by atoms with Crippen LogP contribution >= 0.6 is 0 Å². The van der Waals surface area contributed by atoms with Crippen molar-refractivity contribution in [2.45, 2.75) is 0 Å². The van der Waals surface area contributed by atoms with Gasteiger partial charge in [0.25, 0.3) is 5.91 Å². The van der Waals surface area contributed by atoms with Crippen LogP contribution in [0.2, 0.25) is 0 Å². The first-order valence-electron chi connectivity index (χ1n) is 8.09. The van der Waals surface area contributed by atoms with Gasteiger partial charge in [0.05, 0.1) is 19.4 Å². The SMILES string of the molecule is C=Cn1c([N+](=O)[O-])cnc1/C=C/c1ccc(C(=O)N2CCOCC2)cc1. The lowest BCUT2D eigenvalue weighted by Crippen LogP contribution is -2.40. The molecule has 1 fully saturated rings. The van der Waals surface area contributed by atoms with Crippen molar-refractivity contribution < 1.29 is 14.5 Å². The zero-order chi connectivity index (χ0) is 18.5. The van der Waals surface area contributed by atoms with Gasteiger partial charge in [-0.2, -0.15) is 4.57 Å². The Labute approximate surface area is 150 Å². The number of nitro groups is 1. The molecule has 0 unspecified atom stereocenters.